The second-order valence-electron chi connectivity index (χ2n) is 4.72. The van der Waals surface area contributed by atoms with E-state index < -0.39 is 6.10 Å². The van der Waals surface area contributed by atoms with Crippen LogP contribution in [0, 0.1) is 0 Å². The molecule has 20 heavy (non-hydrogen) atoms. The van der Waals surface area contributed by atoms with Crippen molar-refractivity contribution in [1.29, 1.82) is 0 Å². The van der Waals surface area contributed by atoms with Crippen molar-refractivity contribution < 1.29 is 14.6 Å². The monoisotopic (exact) mass is 272 g/mol. The molecule has 0 spiro atoms. The number of benzene rings is 2. The lowest BCUT2D eigenvalue weighted by molar-refractivity contribution is 0.174. The standard InChI is InChI=1S/C17H20O3/c1-19-16-9-7-13(8-10-16)11-15(18)12-14-5-3-4-6-17(14)20-2/h3-10,15,18H,11-12H2,1-2H3. The third-order valence-corrected chi connectivity index (χ3v) is 3.28. The molecule has 1 atom stereocenters. The minimum atomic E-state index is -0.431. The Labute approximate surface area is 119 Å². The summed E-state index contributed by atoms with van der Waals surface area (Å²) in [5, 5.41) is 10.2. The van der Waals surface area contributed by atoms with Crippen LogP contribution < -0.4 is 9.47 Å². The molecule has 0 saturated carbocycles. The topological polar surface area (TPSA) is 38.7 Å². The molecule has 0 heterocycles. The molecule has 0 amide bonds. The van der Waals surface area contributed by atoms with Gasteiger partial charge in [0.05, 0.1) is 20.3 Å². The Kier molecular flexibility index (Phi) is 5.02. The Morgan fingerprint density at radius 1 is 0.900 bits per heavy atom. The SMILES string of the molecule is COc1ccc(CC(O)Cc2ccccc2OC)cc1. The number of ether oxygens (including phenoxy) is 2. The van der Waals surface area contributed by atoms with Gasteiger partial charge >= 0.3 is 0 Å². The van der Waals surface area contributed by atoms with Gasteiger partial charge in [-0.1, -0.05) is 30.3 Å². The molecular formula is C17H20O3. The van der Waals surface area contributed by atoms with E-state index in [1.165, 1.54) is 0 Å². The molecule has 0 bridgehead atoms. The molecule has 2 aromatic carbocycles. The van der Waals surface area contributed by atoms with E-state index in [0.717, 1.165) is 22.6 Å². The molecule has 0 fully saturated rings. The Morgan fingerprint density at radius 2 is 1.60 bits per heavy atom. The molecule has 0 aliphatic rings. The number of methoxy groups -OCH3 is 2. The van der Waals surface area contributed by atoms with Gasteiger partial charge in [0.2, 0.25) is 0 Å². The van der Waals surface area contributed by atoms with Crippen LogP contribution in [-0.4, -0.2) is 25.4 Å². The van der Waals surface area contributed by atoms with E-state index >= 15 is 0 Å². The number of para-hydroxylation sites is 1. The van der Waals surface area contributed by atoms with Crippen LogP contribution in [0.4, 0.5) is 0 Å². The van der Waals surface area contributed by atoms with Gasteiger partial charge in [0, 0.05) is 6.42 Å². The van der Waals surface area contributed by atoms with Gasteiger partial charge in [0.15, 0.2) is 0 Å². The number of aliphatic hydroxyl groups excluding tert-OH is 1. The fourth-order valence-corrected chi connectivity index (χ4v) is 2.23. The van der Waals surface area contributed by atoms with Gasteiger partial charge in [-0.2, -0.15) is 0 Å². The summed E-state index contributed by atoms with van der Waals surface area (Å²) in [6.45, 7) is 0. The maximum absolute atomic E-state index is 10.2. The van der Waals surface area contributed by atoms with Gasteiger partial charge in [-0.25, -0.2) is 0 Å². The molecule has 0 aliphatic heterocycles. The molecule has 106 valence electrons. The van der Waals surface area contributed by atoms with Crippen molar-refractivity contribution in [2.45, 2.75) is 18.9 Å². The first kappa shape index (κ1) is 14.4. The van der Waals surface area contributed by atoms with Crippen LogP contribution in [0.1, 0.15) is 11.1 Å². The zero-order valence-corrected chi connectivity index (χ0v) is 11.9. The molecule has 0 saturated heterocycles. The number of rotatable bonds is 6. The van der Waals surface area contributed by atoms with Crippen LogP contribution in [-0.2, 0) is 12.8 Å². The Morgan fingerprint density at radius 3 is 2.25 bits per heavy atom. The zero-order chi connectivity index (χ0) is 14.4. The van der Waals surface area contributed by atoms with Crippen molar-refractivity contribution in [3.8, 4) is 11.5 Å². The summed E-state index contributed by atoms with van der Waals surface area (Å²) >= 11 is 0. The molecule has 2 aromatic rings. The lowest BCUT2D eigenvalue weighted by atomic mass is 10.0. The summed E-state index contributed by atoms with van der Waals surface area (Å²) in [6, 6.07) is 15.5. The van der Waals surface area contributed by atoms with Gasteiger partial charge < -0.3 is 14.6 Å². The predicted octanol–water partition coefficient (Wildman–Crippen LogP) is 2.85. The summed E-state index contributed by atoms with van der Waals surface area (Å²) in [7, 11) is 3.29. The summed E-state index contributed by atoms with van der Waals surface area (Å²) in [6.07, 6.45) is 0.762. The van der Waals surface area contributed by atoms with E-state index in [1.54, 1.807) is 14.2 Å². The van der Waals surface area contributed by atoms with Crippen molar-refractivity contribution in [3.63, 3.8) is 0 Å². The Bertz CT molecular complexity index is 534. The van der Waals surface area contributed by atoms with Gasteiger partial charge in [-0.15, -0.1) is 0 Å². The number of hydrogen-bond donors (Lipinski definition) is 1. The summed E-state index contributed by atoms with van der Waals surface area (Å²) < 4.78 is 10.4. The number of aliphatic hydroxyl groups is 1. The highest BCUT2D eigenvalue weighted by molar-refractivity contribution is 5.34. The smallest absolute Gasteiger partial charge is 0.122 e. The van der Waals surface area contributed by atoms with Gasteiger partial charge in [0.25, 0.3) is 0 Å². The Hall–Kier alpha value is -2.00. The predicted molar refractivity (Wildman–Crippen MR) is 79.4 cm³/mol. The van der Waals surface area contributed by atoms with Crippen LogP contribution in [0.3, 0.4) is 0 Å². The van der Waals surface area contributed by atoms with Crippen LogP contribution in [0.5, 0.6) is 11.5 Å². The normalized spacial score (nSPS) is 11.9. The molecule has 1 N–H and O–H groups in total. The minimum absolute atomic E-state index is 0.431. The molecule has 0 aliphatic carbocycles. The third-order valence-electron chi connectivity index (χ3n) is 3.28. The molecule has 0 radical (unpaired) electrons. The molecular weight excluding hydrogens is 252 g/mol. The average Bonchev–Trinajstić information content (AvgIpc) is 2.48. The summed E-state index contributed by atoms with van der Waals surface area (Å²) in [5.74, 6) is 1.65. The van der Waals surface area contributed by atoms with Gasteiger partial charge in [-0.05, 0) is 35.7 Å². The lowest BCUT2D eigenvalue weighted by Gasteiger charge is -2.13. The highest BCUT2D eigenvalue weighted by Crippen LogP contribution is 2.20. The van der Waals surface area contributed by atoms with Crippen molar-refractivity contribution in [1.82, 2.24) is 0 Å². The highest BCUT2D eigenvalue weighted by Gasteiger charge is 2.10. The second kappa shape index (κ2) is 6.96. The maximum atomic E-state index is 10.2. The molecule has 3 heteroatoms. The van der Waals surface area contributed by atoms with E-state index in [0.29, 0.717) is 12.8 Å². The van der Waals surface area contributed by atoms with E-state index in [2.05, 4.69) is 0 Å². The van der Waals surface area contributed by atoms with E-state index in [1.807, 2.05) is 48.5 Å². The fraction of sp³-hybridized carbons (Fsp3) is 0.294. The van der Waals surface area contributed by atoms with E-state index in [4.69, 9.17) is 9.47 Å². The first-order valence-corrected chi connectivity index (χ1v) is 6.66. The van der Waals surface area contributed by atoms with Gasteiger partial charge in [0.1, 0.15) is 11.5 Å². The quantitative estimate of drug-likeness (QED) is 0.879. The van der Waals surface area contributed by atoms with Crippen LogP contribution >= 0.6 is 0 Å². The third kappa shape index (κ3) is 3.75. The van der Waals surface area contributed by atoms with Crippen molar-refractivity contribution in [3.05, 3.63) is 59.7 Å². The summed E-state index contributed by atoms with van der Waals surface area (Å²) in [5.41, 5.74) is 2.12. The fourth-order valence-electron chi connectivity index (χ4n) is 2.23. The minimum Gasteiger partial charge on any atom is -0.497 e. The second-order valence-corrected chi connectivity index (χ2v) is 4.72. The largest absolute Gasteiger partial charge is 0.497 e. The van der Waals surface area contributed by atoms with Crippen molar-refractivity contribution >= 4 is 0 Å². The van der Waals surface area contributed by atoms with E-state index in [9.17, 15) is 5.11 Å². The van der Waals surface area contributed by atoms with Gasteiger partial charge in [-0.3, -0.25) is 0 Å². The van der Waals surface area contributed by atoms with Crippen molar-refractivity contribution in [2.75, 3.05) is 14.2 Å². The zero-order valence-electron chi connectivity index (χ0n) is 11.9. The molecule has 0 aromatic heterocycles. The Balaban J connectivity index is 1.99. The first-order chi connectivity index (χ1) is 9.72. The number of hydrogen-bond acceptors (Lipinski definition) is 3. The van der Waals surface area contributed by atoms with Crippen LogP contribution in [0.15, 0.2) is 48.5 Å². The highest BCUT2D eigenvalue weighted by atomic mass is 16.5. The van der Waals surface area contributed by atoms with Crippen LogP contribution in [0.2, 0.25) is 0 Å². The summed E-state index contributed by atoms with van der Waals surface area (Å²) in [4.78, 5) is 0. The molecule has 2 rings (SSSR count). The molecule has 1 unspecified atom stereocenters. The maximum Gasteiger partial charge on any atom is 0.122 e. The van der Waals surface area contributed by atoms with Crippen molar-refractivity contribution in [2.24, 2.45) is 0 Å². The van der Waals surface area contributed by atoms with E-state index in [-0.39, 0.29) is 0 Å². The van der Waals surface area contributed by atoms with Crippen LogP contribution in [0.25, 0.3) is 0 Å². The molecule has 3 nitrogen and oxygen atoms in total. The average molecular weight is 272 g/mol. The first-order valence-electron chi connectivity index (χ1n) is 6.66. The lowest BCUT2D eigenvalue weighted by Crippen LogP contribution is -2.14.